The maximum absolute atomic E-state index is 11.3. The van der Waals surface area contributed by atoms with Gasteiger partial charge in [-0.2, -0.15) is 8.42 Å². The highest BCUT2D eigenvalue weighted by molar-refractivity contribution is 7.85. The first-order chi connectivity index (χ1) is 5.18. The van der Waals surface area contributed by atoms with Crippen molar-refractivity contribution in [3.63, 3.8) is 0 Å². The molecular weight excluding hydrogens is 191 g/mol. The summed E-state index contributed by atoms with van der Waals surface area (Å²) in [4.78, 5) is 9.69. The molecule has 0 rings (SSSR count). The first-order valence-corrected chi connectivity index (χ1v) is 4.74. The second-order valence-electron chi connectivity index (χ2n) is 2.13. The molecule has 0 heterocycles. The van der Waals surface area contributed by atoms with Gasteiger partial charge >= 0.3 is 5.97 Å². The van der Waals surface area contributed by atoms with Crippen molar-refractivity contribution in [3.8, 4) is 0 Å². The largest absolute Gasteiger partial charge is 0.481 e. The van der Waals surface area contributed by atoms with E-state index in [9.17, 15) is 17.6 Å². The van der Waals surface area contributed by atoms with Crippen molar-refractivity contribution in [2.75, 3.05) is 12.9 Å². The Labute approximate surface area is 70.0 Å². The molecule has 5 nitrogen and oxygen atoms in total. The Bertz CT molecular complexity index is 214. The van der Waals surface area contributed by atoms with E-state index >= 15 is 0 Å². The summed E-state index contributed by atoms with van der Waals surface area (Å²) in [6.45, 7) is 0.539. The van der Waals surface area contributed by atoms with Gasteiger partial charge in [0, 0.05) is 0 Å². The topological polar surface area (TPSA) is 91.7 Å². The molecule has 0 aromatic carbocycles. The Hall–Kier alpha value is -0.690. The summed E-state index contributed by atoms with van der Waals surface area (Å²) in [7, 11) is -3.67. The molecule has 0 radical (unpaired) electrons. The zero-order chi connectivity index (χ0) is 10.4. The fourth-order valence-electron chi connectivity index (χ4n) is 0.0660. The molecule has 0 fully saturated rings. The highest BCUT2D eigenvalue weighted by Crippen LogP contribution is 1.92. The summed E-state index contributed by atoms with van der Waals surface area (Å²) < 4.78 is 37.1. The van der Waals surface area contributed by atoms with Gasteiger partial charge in [-0.05, 0) is 6.92 Å². The number of alkyl halides is 1. The summed E-state index contributed by atoms with van der Waals surface area (Å²) in [6, 6.07) is 0. The van der Waals surface area contributed by atoms with E-state index in [4.69, 9.17) is 9.66 Å². The SMILES string of the molecule is CC(CF)C(=O)O.CS(=O)(=O)O. The Kier molecular flexibility index (Phi) is 6.82. The minimum atomic E-state index is -3.67. The monoisotopic (exact) mass is 202 g/mol. The van der Waals surface area contributed by atoms with Gasteiger partial charge in [0.25, 0.3) is 10.1 Å². The second-order valence-corrected chi connectivity index (χ2v) is 3.59. The Morgan fingerprint density at radius 3 is 1.83 bits per heavy atom. The van der Waals surface area contributed by atoms with Crippen molar-refractivity contribution >= 4 is 16.1 Å². The number of rotatable bonds is 2. The third-order valence-corrected chi connectivity index (χ3v) is 0.653. The summed E-state index contributed by atoms with van der Waals surface area (Å²) in [6.07, 6.45) is 0.715. The van der Waals surface area contributed by atoms with Gasteiger partial charge in [-0.3, -0.25) is 13.7 Å². The molecule has 12 heavy (non-hydrogen) atoms. The summed E-state index contributed by atoms with van der Waals surface area (Å²) in [5.41, 5.74) is 0. The number of carboxylic acid groups (broad SMARTS) is 1. The lowest BCUT2D eigenvalue weighted by Gasteiger charge is -1.93. The molecule has 0 bridgehead atoms. The molecule has 7 heteroatoms. The minimum absolute atomic E-state index is 0.715. The minimum Gasteiger partial charge on any atom is -0.481 e. The van der Waals surface area contributed by atoms with Crippen LogP contribution in [0, 0.1) is 5.92 Å². The molecule has 1 unspecified atom stereocenters. The summed E-state index contributed by atoms with van der Waals surface area (Å²) in [5, 5.41) is 7.94. The predicted octanol–water partition coefficient (Wildman–Crippen LogP) is 0.181. The number of carboxylic acids is 1. The lowest BCUT2D eigenvalue weighted by molar-refractivity contribution is -0.141. The lowest BCUT2D eigenvalue weighted by atomic mass is 10.2. The zero-order valence-electron chi connectivity index (χ0n) is 6.69. The summed E-state index contributed by atoms with van der Waals surface area (Å²) in [5.74, 6) is -1.93. The van der Waals surface area contributed by atoms with Gasteiger partial charge in [0.1, 0.15) is 6.67 Å². The van der Waals surface area contributed by atoms with Crippen molar-refractivity contribution < 1.29 is 27.3 Å². The molecule has 0 aliphatic rings. The molecule has 0 aliphatic carbocycles. The third-order valence-electron chi connectivity index (χ3n) is 0.653. The molecule has 0 spiro atoms. The average Bonchev–Trinajstić information content (AvgIpc) is 1.82. The molecule has 0 aromatic heterocycles. The van der Waals surface area contributed by atoms with Gasteiger partial charge in [0.2, 0.25) is 0 Å². The van der Waals surface area contributed by atoms with E-state index in [0.29, 0.717) is 6.26 Å². The maximum Gasteiger partial charge on any atom is 0.308 e. The van der Waals surface area contributed by atoms with Gasteiger partial charge in [0.05, 0.1) is 12.2 Å². The Balaban J connectivity index is 0. The molecule has 1 atom stereocenters. The van der Waals surface area contributed by atoms with Crippen molar-refractivity contribution in [2.24, 2.45) is 5.92 Å². The first kappa shape index (κ1) is 13.9. The van der Waals surface area contributed by atoms with Crippen LogP contribution in [0.2, 0.25) is 0 Å². The first-order valence-electron chi connectivity index (χ1n) is 2.89. The van der Waals surface area contributed by atoms with Gasteiger partial charge in [0.15, 0.2) is 0 Å². The normalized spacial score (nSPS) is 12.7. The molecule has 0 amide bonds. The zero-order valence-corrected chi connectivity index (χ0v) is 7.51. The molecule has 74 valence electrons. The van der Waals surface area contributed by atoms with E-state index in [1.807, 2.05) is 0 Å². The fourth-order valence-corrected chi connectivity index (χ4v) is 0.0660. The molecular formula is C5H11FO5S. The maximum atomic E-state index is 11.3. The van der Waals surface area contributed by atoms with E-state index < -0.39 is 28.7 Å². The van der Waals surface area contributed by atoms with E-state index in [-0.39, 0.29) is 0 Å². The van der Waals surface area contributed by atoms with E-state index in [1.165, 1.54) is 6.92 Å². The van der Waals surface area contributed by atoms with Crippen LogP contribution in [-0.2, 0) is 14.9 Å². The van der Waals surface area contributed by atoms with Gasteiger partial charge < -0.3 is 5.11 Å². The van der Waals surface area contributed by atoms with Crippen LogP contribution in [0.15, 0.2) is 0 Å². The molecule has 0 saturated heterocycles. The number of aliphatic carboxylic acids is 1. The van der Waals surface area contributed by atoms with Crippen LogP contribution in [0.3, 0.4) is 0 Å². The number of hydrogen-bond donors (Lipinski definition) is 2. The lowest BCUT2D eigenvalue weighted by Crippen LogP contribution is -2.10. The molecule has 0 aliphatic heterocycles. The quantitative estimate of drug-likeness (QED) is 0.623. The Morgan fingerprint density at radius 2 is 1.83 bits per heavy atom. The smallest absolute Gasteiger partial charge is 0.308 e. The van der Waals surface area contributed by atoms with E-state index in [1.54, 1.807) is 0 Å². The van der Waals surface area contributed by atoms with Gasteiger partial charge in [-0.25, -0.2) is 0 Å². The van der Waals surface area contributed by atoms with Crippen LogP contribution in [0.5, 0.6) is 0 Å². The Morgan fingerprint density at radius 1 is 1.58 bits per heavy atom. The molecule has 2 N–H and O–H groups in total. The van der Waals surface area contributed by atoms with Crippen LogP contribution in [0.4, 0.5) is 4.39 Å². The van der Waals surface area contributed by atoms with Crippen molar-refractivity contribution in [1.82, 2.24) is 0 Å². The second kappa shape index (κ2) is 5.90. The number of hydrogen-bond acceptors (Lipinski definition) is 3. The molecule has 0 aromatic rings. The van der Waals surface area contributed by atoms with Gasteiger partial charge in [-0.1, -0.05) is 0 Å². The van der Waals surface area contributed by atoms with E-state index in [2.05, 4.69) is 0 Å². The van der Waals surface area contributed by atoms with Crippen LogP contribution in [-0.4, -0.2) is 37.0 Å². The van der Waals surface area contributed by atoms with E-state index in [0.717, 1.165) is 0 Å². The number of carbonyl (C=O) groups is 1. The summed E-state index contributed by atoms with van der Waals surface area (Å²) >= 11 is 0. The van der Waals surface area contributed by atoms with Crippen LogP contribution < -0.4 is 0 Å². The highest BCUT2D eigenvalue weighted by Gasteiger charge is 2.07. The van der Waals surface area contributed by atoms with Crippen molar-refractivity contribution in [3.05, 3.63) is 0 Å². The third kappa shape index (κ3) is 22.8. The fraction of sp³-hybridized carbons (Fsp3) is 0.800. The number of halogens is 1. The predicted molar refractivity (Wildman–Crippen MR) is 40.2 cm³/mol. The van der Waals surface area contributed by atoms with Crippen LogP contribution >= 0.6 is 0 Å². The van der Waals surface area contributed by atoms with Crippen molar-refractivity contribution in [2.45, 2.75) is 6.92 Å². The standard InChI is InChI=1S/C4H7FO2.CH4O3S/c1-3(2-5)4(6)7;1-5(2,3)4/h3H,2H2,1H3,(H,6,7);1H3,(H,2,3,4). The van der Waals surface area contributed by atoms with Crippen molar-refractivity contribution in [1.29, 1.82) is 0 Å². The molecule has 0 saturated carbocycles. The van der Waals surface area contributed by atoms with Gasteiger partial charge in [-0.15, -0.1) is 0 Å². The average molecular weight is 202 g/mol. The highest BCUT2D eigenvalue weighted by atomic mass is 32.2. The van der Waals surface area contributed by atoms with Crippen LogP contribution in [0.25, 0.3) is 0 Å². The van der Waals surface area contributed by atoms with Crippen LogP contribution in [0.1, 0.15) is 6.92 Å².